The van der Waals surface area contributed by atoms with Crippen molar-refractivity contribution in [1.82, 2.24) is 19.9 Å². The molecule has 0 aliphatic heterocycles. The Bertz CT molecular complexity index is 1610. The van der Waals surface area contributed by atoms with Crippen LogP contribution in [-0.4, -0.2) is 59.9 Å². The molecule has 0 bridgehead atoms. The number of rotatable bonds is 8. The zero-order valence-corrected chi connectivity index (χ0v) is 22.7. The van der Waals surface area contributed by atoms with Gasteiger partial charge in [-0.2, -0.15) is 0 Å². The number of nitrogens with one attached hydrogen (secondary N) is 4. The van der Waals surface area contributed by atoms with Gasteiger partial charge < -0.3 is 30.4 Å². The molecule has 2 heterocycles. The van der Waals surface area contributed by atoms with E-state index in [0.29, 0.717) is 11.4 Å². The second-order valence-corrected chi connectivity index (χ2v) is 9.69. The molecule has 5 aromatic rings. The Labute approximate surface area is 231 Å². The van der Waals surface area contributed by atoms with Gasteiger partial charge in [-0.05, 0) is 59.7 Å². The van der Waals surface area contributed by atoms with E-state index in [-0.39, 0.29) is 11.8 Å². The highest BCUT2D eigenvalue weighted by Gasteiger charge is 2.07. The molecular weight excluding hydrogens is 504 g/mol. The third-order valence-electron chi connectivity index (χ3n) is 6.11. The van der Waals surface area contributed by atoms with E-state index in [1.54, 1.807) is 12.2 Å². The van der Waals surface area contributed by atoms with E-state index in [1.807, 2.05) is 98.7 Å². The third-order valence-corrected chi connectivity index (χ3v) is 6.11. The second kappa shape index (κ2) is 11.2. The molecule has 0 radical (unpaired) electrons. The summed E-state index contributed by atoms with van der Waals surface area (Å²) in [5.41, 5.74) is 6.44. The average molecular weight is 535 g/mol. The van der Waals surface area contributed by atoms with E-state index in [9.17, 15) is 9.59 Å². The Balaban J connectivity index is 1.15. The molecule has 0 unspecified atom stereocenters. The number of fused-ring (bicyclic) bond motifs is 2. The van der Waals surface area contributed by atoms with Gasteiger partial charge in [-0.25, -0.2) is 9.97 Å². The smallest absolute Gasteiger partial charge is 0.248 e. The predicted molar refractivity (Wildman–Crippen MR) is 163 cm³/mol. The highest BCUT2D eigenvalue weighted by Crippen LogP contribution is 2.21. The lowest BCUT2D eigenvalue weighted by Gasteiger charge is -2.05. The topological polar surface area (TPSA) is 122 Å². The van der Waals surface area contributed by atoms with Gasteiger partial charge in [0.25, 0.3) is 0 Å². The van der Waals surface area contributed by atoms with Crippen molar-refractivity contribution in [3.8, 4) is 0 Å². The molecule has 0 spiro atoms. The minimum atomic E-state index is -0.237. The third kappa shape index (κ3) is 6.18. The number of aromatic amines is 2. The lowest BCUT2D eigenvalue weighted by atomic mass is 10.1. The minimum Gasteiger partial charge on any atom is -0.349 e. The van der Waals surface area contributed by atoms with Crippen molar-refractivity contribution in [3.63, 3.8) is 0 Å². The number of anilines is 4. The first-order valence-electron chi connectivity index (χ1n) is 12.7. The molecule has 0 fully saturated rings. The normalized spacial score (nSPS) is 11.5. The maximum absolute atomic E-state index is 12.4. The lowest BCUT2D eigenvalue weighted by molar-refractivity contribution is -0.112. The fourth-order valence-corrected chi connectivity index (χ4v) is 4.00. The lowest BCUT2D eigenvalue weighted by Crippen LogP contribution is -2.09. The second-order valence-electron chi connectivity index (χ2n) is 9.69. The van der Waals surface area contributed by atoms with Crippen molar-refractivity contribution in [2.45, 2.75) is 0 Å². The molecule has 4 N–H and O–H groups in total. The van der Waals surface area contributed by atoms with Gasteiger partial charge in [-0.15, -0.1) is 0 Å². The molecule has 3 aromatic carbocycles. The summed E-state index contributed by atoms with van der Waals surface area (Å²) in [6.45, 7) is 0. The average Bonchev–Trinajstić information content (AvgIpc) is 3.55. The zero-order chi connectivity index (χ0) is 28.2. The number of amides is 2. The van der Waals surface area contributed by atoms with E-state index < -0.39 is 0 Å². The molecule has 0 atom stereocenters. The SMILES string of the molecule is CN(C)c1nc2ccc(NC(=O)/C=C/c3ccc(/C=C/C(=O)Nc4ccc5nc(N(C)C)[nH]c5c4)cc3)cc2[nH]1. The van der Waals surface area contributed by atoms with E-state index in [0.717, 1.165) is 45.1 Å². The fraction of sp³-hybridized carbons (Fsp3) is 0.133. The van der Waals surface area contributed by atoms with Crippen LogP contribution >= 0.6 is 0 Å². The minimum absolute atomic E-state index is 0.237. The first-order chi connectivity index (χ1) is 19.2. The van der Waals surface area contributed by atoms with Gasteiger partial charge in [0, 0.05) is 51.7 Å². The van der Waals surface area contributed by atoms with Crippen molar-refractivity contribution >= 4 is 69.3 Å². The van der Waals surface area contributed by atoms with Crippen molar-refractivity contribution in [1.29, 1.82) is 0 Å². The van der Waals surface area contributed by atoms with Gasteiger partial charge in [0.05, 0.1) is 22.1 Å². The van der Waals surface area contributed by atoms with Gasteiger partial charge in [0.2, 0.25) is 23.7 Å². The van der Waals surface area contributed by atoms with Crippen LogP contribution in [0.4, 0.5) is 23.3 Å². The Kier molecular flexibility index (Phi) is 7.32. The molecule has 10 heteroatoms. The van der Waals surface area contributed by atoms with Gasteiger partial charge in [-0.3, -0.25) is 9.59 Å². The van der Waals surface area contributed by atoms with E-state index in [2.05, 4.69) is 30.6 Å². The number of aromatic nitrogens is 4. The molecule has 2 aromatic heterocycles. The van der Waals surface area contributed by atoms with Crippen LogP contribution in [0.1, 0.15) is 11.1 Å². The predicted octanol–water partition coefficient (Wildman–Crippen LogP) is 4.88. The van der Waals surface area contributed by atoms with Gasteiger partial charge in [0.1, 0.15) is 0 Å². The first-order valence-corrected chi connectivity index (χ1v) is 12.7. The molecule has 0 saturated heterocycles. The maximum atomic E-state index is 12.4. The summed E-state index contributed by atoms with van der Waals surface area (Å²) in [4.78, 5) is 44.1. The molecule has 10 nitrogen and oxygen atoms in total. The Morgan fingerprint density at radius 1 is 0.650 bits per heavy atom. The largest absolute Gasteiger partial charge is 0.349 e. The quantitative estimate of drug-likeness (QED) is 0.211. The van der Waals surface area contributed by atoms with Crippen molar-refractivity contribution in [2.75, 3.05) is 48.6 Å². The van der Waals surface area contributed by atoms with Crippen LogP contribution in [0.15, 0.2) is 72.8 Å². The molecule has 40 heavy (non-hydrogen) atoms. The fourth-order valence-electron chi connectivity index (χ4n) is 4.00. The number of imidazole rings is 2. The molecule has 2 amide bonds. The standard InChI is InChI=1S/C30H30N8O2/c1-37(2)29-33-23-13-11-21(17-25(23)35-29)31-27(39)15-9-19-5-7-20(8-6-19)10-16-28(40)32-22-12-14-24-26(18-22)36-30(34-24)38(3)4/h5-18H,1-4H3,(H,31,39)(H,32,40)(H,33,35)(H,34,36)/b15-9+,16-10+. The number of benzene rings is 3. The Morgan fingerprint density at radius 3 is 1.43 bits per heavy atom. The van der Waals surface area contributed by atoms with Gasteiger partial charge in [-0.1, -0.05) is 24.3 Å². The number of carbonyl (C=O) groups excluding carboxylic acids is 2. The molecular formula is C30H30N8O2. The summed E-state index contributed by atoms with van der Waals surface area (Å²) in [6, 6.07) is 18.6. The van der Waals surface area contributed by atoms with Crippen LogP contribution in [0, 0.1) is 0 Å². The van der Waals surface area contributed by atoms with Gasteiger partial charge >= 0.3 is 0 Å². The summed E-state index contributed by atoms with van der Waals surface area (Å²) in [5, 5.41) is 5.74. The number of carbonyl (C=O) groups is 2. The molecule has 202 valence electrons. The number of nitrogens with zero attached hydrogens (tertiary/aromatic N) is 4. The highest BCUT2D eigenvalue weighted by atomic mass is 16.2. The molecule has 0 aliphatic rings. The number of H-pyrrole nitrogens is 2. The summed E-state index contributed by atoms with van der Waals surface area (Å²) < 4.78 is 0. The van der Waals surface area contributed by atoms with E-state index in [1.165, 1.54) is 12.2 Å². The van der Waals surface area contributed by atoms with Crippen LogP contribution < -0.4 is 20.4 Å². The van der Waals surface area contributed by atoms with Crippen molar-refractivity contribution in [2.24, 2.45) is 0 Å². The highest BCUT2D eigenvalue weighted by molar-refractivity contribution is 6.03. The molecule has 5 rings (SSSR count). The molecule has 0 aliphatic carbocycles. The number of hydrogen-bond donors (Lipinski definition) is 4. The van der Waals surface area contributed by atoms with Crippen LogP contribution in [-0.2, 0) is 9.59 Å². The van der Waals surface area contributed by atoms with Crippen molar-refractivity contribution < 1.29 is 9.59 Å². The summed E-state index contributed by atoms with van der Waals surface area (Å²) in [7, 11) is 7.65. The summed E-state index contributed by atoms with van der Waals surface area (Å²) in [5.74, 6) is 1.03. The first kappa shape index (κ1) is 26.2. The number of hydrogen-bond acceptors (Lipinski definition) is 6. The van der Waals surface area contributed by atoms with Crippen molar-refractivity contribution in [3.05, 3.63) is 83.9 Å². The van der Waals surface area contributed by atoms with E-state index >= 15 is 0 Å². The van der Waals surface area contributed by atoms with Crippen LogP contribution in [0.3, 0.4) is 0 Å². The summed E-state index contributed by atoms with van der Waals surface area (Å²) in [6.07, 6.45) is 6.45. The Morgan fingerprint density at radius 2 is 1.05 bits per heavy atom. The molecule has 0 saturated carbocycles. The van der Waals surface area contributed by atoms with Gasteiger partial charge in [0.15, 0.2) is 0 Å². The monoisotopic (exact) mass is 534 g/mol. The van der Waals surface area contributed by atoms with Crippen LogP contribution in [0.2, 0.25) is 0 Å². The Hall–Kier alpha value is -5.38. The summed E-state index contributed by atoms with van der Waals surface area (Å²) >= 11 is 0. The van der Waals surface area contributed by atoms with Crippen LogP contribution in [0.5, 0.6) is 0 Å². The maximum Gasteiger partial charge on any atom is 0.248 e. The van der Waals surface area contributed by atoms with Crippen LogP contribution in [0.25, 0.3) is 34.2 Å². The zero-order valence-electron chi connectivity index (χ0n) is 22.7. The van der Waals surface area contributed by atoms with E-state index in [4.69, 9.17) is 0 Å².